The fourth-order valence-electron chi connectivity index (χ4n) is 3.98. The number of benzene rings is 1. The summed E-state index contributed by atoms with van der Waals surface area (Å²) in [4.78, 5) is 18.8. The van der Waals surface area contributed by atoms with Crippen LogP contribution in [-0.4, -0.2) is 55.7 Å². The number of ether oxygens (including phenoxy) is 1. The monoisotopic (exact) mass is 395 g/mol. The first kappa shape index (κ1) is 21.5. The number of amides is 1. The van der Waals surface area contributed by atoms with Crippen LogP contribution in [0.25, 0.3) is 0 Å². The van der Waals surface area contributed by atoms with Gasteiger partial charge < -0.3 is 15.0 Å². The third-order valence-electron chi connectivity index (χ3n) is 5.56. The number of nitrogens with one attached hydrogen (secondary N) is 1. The second-order valence-corrected chi connectivity index (χ2v) is 7.96. The van der Waals surface area contributed by atoms with Gasteiger partial charge in [0.2, 0.25) is 5.91 Å². The lowest BCUT2D eigenvalue weighted by molar-refractivity contribution is -0.120. The van der Waals surface area contributed by atoms with Gasteiger partial charge in [-0.25, -0.2) is 0 Å². The molecule has 1 aromatic heterocycles. The first-order valence-electron chi connectivity index (χ1n) is 10.7. The van der Waals surface area contributed by atoms with Gasteiger partial charge in [0.1, 0.15) is 0 Å². The van der Waals surface area contributed by atoms with E-state index in [2.05, 4.69) is 39.5 Å². The first-order valence-corrected chi connectivity index (χ1v) is 10.7. The quantitative estimate of drug-likeness (QED) is 0.595. The Hall–Kier alpha value is -2.24. The Kier molecular flexibility index (Phi) is 8.65. The molecule has 2 heterocycles. The van der Waals surface area contributed by atoms with Gasteiger partial charge in [-0.2, -0.15) is 0 Å². The lowest BCUT2D eigenvalue weighted by atomic mass is 9.97. The van der Waals surface area contributed by atoms with Crippen molar-refractivity contribution in [2.75, 3.05) is 39.9 Å². The molecule has 1 N–H and O–H groups in total. The maximum atomic E-state index is 12.2. The Morgan fingerprint density at radius 1 is 1.21 bits per heavy atom. The van der Waals surface area contributed by atoms with Gasteiger partial charge in [-0.3, -0.25) is 9.78 Å². The summed E-state index contributed by atoms with van der Waals surface area (Å²) in [7, 11) is 1.77. The Labute approximate surface area is 174 Å². The summed E-state index contributed by atoms with van der Waals surface area (Å²) < 4.78 is 5.15. The van der Waals surface area contributed by atoms with Crippen LogP contribution in [0.15, 0.2) is 48.8 Å². The van der Waals surface area contributed by atoms with E-state index in [-0.39, 0.29) is 5.91 Å². The molecule has 1 amide bonds. The van der Waals surface area contributed by atoms with E-state index in [0.717, 1.165) is 49.5 Å². The fourth-order valence-corrected chi connectivity index (χ4v) is 3.98. The molecular weight excluding hydrogens is 362 g/mol. The van der Waals surface area contributed by atoms with Crippen LogP contribution < -0.4 is 5.32 Å². The summed E-state index contributed by atoms with van der Waals surface area (Å²) in [6.07, 6.45) is 8.35. The number of carbonyl (C=O) groups is 1. The summed E-state index contributed by atoms with van der Waals surface area (Å²) in [5.41, 5.74) is 3.58. The number of hydrogen-bond acceptors (Lipinski definition) is 4. The van der Waals surface area contributed by atoms with Gasteiger partial charge in [0, 0.05) is 45.7 Å². The number of hydrogen-bond donors (Lipinski definition) is 1. The fraction of sp³-hybridized carbons (Fsp3) is 0.500. The van der Waals surface area contributed by atoms with E-state index in [1.54, 1.807) is 13.3 Å². The average molecular weight is 396 g/mol. The highest BCUT2D eigenvalue weighted by atomic mass is 16.5. The van der Waals surface area contributed by atoms with E-state index in [1.807, 2.05) is 18.3 Å². The maximum absolute atomic E-state index is 12.2. The molecule has 5 nitrogen and oxygen atoms in total. The molecule has 1 aromatic carbocycles. The topological polar surface area (TPSA) is 54.5 Å². The minimum atomic E-state index is 0.0733. The molecule has 156 valence electrons. The van der Waals surface area contributed by atoms with Crippen LogP contribution in [0.1, 0.15) is 29.5 Å². The highest BCUT2D eigenvalue weighted by Gasteiger charge is 2.22. The Bertz CT molecular complexity index is 734. The molecule has 1 atom stereocenters. The van der Waals surface area contributed by atoms with Crippen molar-refractivity contribution in [1.29, 1.82) is 0 Å². The molecule has 0 saturated carbocycles. The van der Waals surface area contributed by atoms with Gasteiger partial charge in [-0.05, 0) is 60.9 Å². The van der Waals surface area contributed by atoms with Crippen LogP contribution in [0.4, 0.5) is 0 Å². The minimum absolute atomic E-state index is 0.0733. The van der Waals surface area contributed by atoms with Crippen molar-refractivity contribution in [3.05, 3.63) is 65.5 Å². The number of nitrogens with zero attached hydrogens (tertiary/aromatic N) is 2. The third-order valence-corrected chi connectivity index (χ3v) is 5.56. The third kappa shape index (κ3) is 7.59. The number of likely N-dealkylation sites (tertiary alicyclic amines) is 1. The Balaban J connectivity index is 1.36. The largest absolute Gasteiger partial charge is 0.385 e. The molecule has 1 unspecified atom stereocenters. The molecule has 1 fully saturated rings. The first-order chi connectivity index (χ1) is 14.2. The van der Waals surface area contributed by atoms with Crippen LogP contribution in [0.5, 0.6) is 0 Å². The predicted octanol–water partition coefficient (Wildman–Crippen LogP) is 2.88. The second kappa shape index (κ2) is 11.7. The van der Waals surface area contributed by atoms with Crippen molar-refractivity contribution >= 4 is 5.91 Å². The summed E-state index contributed by atoms with van der Waals surface area (Å²) in [6, 6.07) is 12.5. The lowest BCUT2D eigenvalue weighted by Crippen LogP contribution is -2.27. The molecule has 0 spiro atoms. The molecule has 1 aliphatic heterocycles. The summed E-state index contributed by atoms with van der Waals surface area (Å²) in [5.74, 6) is 0.809. The van der Waals surface area contributed by atoms with Crippen LogP contribution in [-0.2, 0) is 28.8 Å². The molecule has 0 bridgehead atoms. The van der Waals surface area contributed by atoms with Crippen molar-refractivity contribution in [3.8, 4) is 0 Å². The lowest BCUT2D eigenvalue weighted by Gasteiger charge is -2.15. The van der Waals surface area contributed by atoms with Gasteiger partial charge in [0.15, 0.2) is 0 Å². The van der Waals surface area contributed by atoms with Crippen molar-refractivity contribution in [1.82, 2.24) is 15.2 Å². The molecule has 5 heteroatoms. The highest BCUT2D eigenvalue weighted by molar-refractivity contribution is 5.78. The molecule has 3 rings (SSSR count). The van der Waals surface area contributed by atoms with E-state index in [0.29, 0.717) is 13.0 Å². The van der Waals surface area contributed by atoms with E-state index in [1.165, 1.54) is 25.1 Å². The van der Waals surface area contributed by atoms with E-state index >= 15 is 0 Å². The smallest absolute Gasteiger partial charge is 0.224 e. The van der Waals surface area contributed by atoms with Gasteiger partial charge in [-0.1, -0.05) is 30.3 Å². The van der Waals surface area contributed by atoms with E-state index in [4.69, 9.17) is 4.74 Å². The predicted molar refractivity (Wildman–Crippen MR) is 116 cm³/mol. The molecule has 0 aliphatic carbocycles. The number of pyridine rings is 1. The zero-order valence-corrected chi connectivity index (χ0v) is 17.5. The Morgan fingerprint density at radius 2 is 2.03 bits per heavy atom. The van der Waals surface area contributed by atoms with Crippen molar-refractivity contribution in [2.45, 2.75) is 32.1 Å². The average Bonchev–Trinajstić information content (AvgIpc) is 3.18. The Morgan fingerprint density at radius 3 is 2.79 bits per heavy atom. The number of carbonyl (C=O) groups excluding carboxylic acids is 1. The standard InChI is InChI=1S/C24H33N3O2/c1-29-15-3-13-27-14-10-23(19-27)16-20-5-7-21(8-6-20)17-24(28)26-12-9-22-4-2-11-25-18-22/h2,4-8,11,18,23H,3,9-10,12-17,19H2,1H3,(H,26,28). The number of aromatic nitrogens is 1. The SMILES string of the molecule is COCCCN1CCC(Cc2ccc(CC(=O)NCCc3cccnc3)cc2)C1. The zero-order chi connectivity index (χ0) is 20.3. The molecule has 1 saturated heterocycles. The molecule has 29 heavy (non-hydrogen) atoms. The number of methoxy groups -OCH3 is 1. The second-order valence-electron chi connectivity index (χ2n) is 7.96. The zero-order valence-electron chi connectivity index (χ0n) is 17.5. The molecule has 0 radical (unpaired) electrons. The van der Waals surface area contributed by atoms with Crippen molar-refractivity contribution in [2.24, 2.45) is 5.92 Å². The van der Waals surface area contributed by atoms with E-state index in [9.17, 15) is 4.79 Å². The molecule has 2 aromatic rings. The van der Waals surface area contributed by atoms with Crippen molar-refractivity contribution in [3.63, 3.8) is 0 Å². The van der Waals surface area contributed by atoms with Crippen LogP contribution >= 0.6 is 0 Å². The van der Waals surface area contributed by atoms with Gasteiger partial charge >= 0.3 is 0 Å². The van der Waals surface area contributed by atoms with Crippen LogP contribution in [0.3, 0.4) is 0 Å². The summed E-state index contributed by atoms with van der Waals surface area (Å²) in [5, 5.41) is 3.00. The number of rotatable bonds is 11. The molecule has 1 aliphatic rings. The highest BCUT2D eigenvalue weighted by Crippen LogP contribution is 2.21. The van der Waals surface area contributed by atoms with Crippen LogP contribution in [0.2, 0.25) is 0 Å². The minimum Gasteiger partial charge on any atom is -0.385 e. The van der Waals surface area contributed by atoms with Gasteiger partial charge in [0.25, 0.3) is 0 Å². The molecular formula is C24H33N3O2. The van der Waals surface area contributed by atoms with Crippen molar-refractivity contribution < 1.29 is 9.53 Å². The maximum Gasteiger partial charge on any atom is 0.224 e. The normalized spacial score (nSPS) is 16.8. The summed E-state index contributed by atoms with van der Waals surface area (Å²) >= 11 is 0. The summed E-state index contributed by atoms with van der Waals surface area (Å²) in [6.45, 7) is 5.01. The van der Waals surface area contributed by atoms with Gasteiger partial charge in [-0.15, -0.1) is 0 Å². The van der Waals surface area contributed by atoms with Gasteiger partial charge in [0.05, 0.1) is 6.42 Å². The van der Waals surface area contributed by atoms with Crippen LogP contribution in [0, 0.1) is 5.92 Å². The van der Waals surface area contributed by atoms with E-state index < -0.39 is 0 Å².